The van der Waals surface area contributed by atoms with Crippen LogP contribution in [0.2, 0.25) is 6.82 Å². The standard InChI is InChI=1S/C18H23BNO/c1-14(2)17(20-19-3)18(21,15-10-6-4-7-11-15)16-12-8-5-9-13-16/h4-14,17,20-21H,1-3H3. The lowest BCUT2D eigenvalue weighted by Crippen LogP contribution is -2.53. The van der Waals surface area contributed by atoms with Gasteiger partial charge in [0.15, 0.2) is 0 Å². The third-order valence-electron chi connectivity index (χ3n) is 3.89. The van der Waals surface area contributed by atoms with Crippen molar-refractivity contribution in [2.45, 2.75) is 32.3 Å². The van der Waals surface area contributed by atoms with Crippen molar-refractivity contribution in [1.29, 1.82) is 0 Å². The molecule has 2 rings (SSSR count). The van der Waals surface area contributed by atoms with Crippen LogP contribution in [0.1, 0.15) is 25.0 Å². The van der Waals surface area contributed by atoms with E-state index in [0.717, 1.165) is 11.1 Å². The summed E-state index contributed by atoms with van der Waals surface area (Å²) in [7, 11) is 1.90. The molecule has 2 aromatic carbocycles. The van der Waals surface area contributed by atoms with Gasteiger partial charge >= 0.3 is 0 Å². The normalized spacial score (nSPS) is 13.2. The van der Waals surface area contributed by atoms with E-state index in [1.54, 1.807) is 0 Å². The zero-order valence-corrected chi connectivity index (χ0v) is 13.0. The van der Waals surface area contributed by atoms with Gasteiger partial charge in [0, 0.05) is 6.04 Å². The highest BCUT2D eigenvalue weighted by Gasteiger charge is 2.41. The maximum absolute atomic E-state index is 11.6. The quantitative estimate of drug-likeness (QED) is 0.796. The van der Waals surface area contributed by atoms with Crippen molar-refractivity contribution in [3.8, 4) is 0 Å². The maximum atomic E-state index is 11.6. The third-order valence-corrected chi connectivity index (χ3v) is 3.89. The summed E-state index contributed by atoms with van der Waals surface area (Å²) in [6.45, 7) is 6.20. The third kappa shape index (κ3) is 3.20. The molecule has 0 saturated carbocycles. The molecule has 0 heterocycles. The van der Waals surface area contributed by atoms with Gasteiger partial charge in [0.25, 0.3) is 0 Å². The molecule has 0 saturated heterocycles. The summed E-state index contributed by atoms with van der Waals surface area (Å²) in [6, 6.07) is 19.7. The van der Waals surface area contributed by atoms with Crippen LogP contribution in [0.3, 0.4) is 0 Å². The monoisotopic (exact) mass is 280 g/mol. The number of hydrogen-bond acceptors (Lipinski definition) is 2. The first-order valence-electron chi connectivity index (χ1n) is 7.48. The van der Waals surface area contributed by atoms with Gasteiger partial charge in [-0.15, -0.1) is 0 Å². The minimum absolute atomic E-state index is 0.104. The molecule has 0 aliphatic heterocycles. The maximum Gasteiger partial charge on any atom is 0.202 e. The molecule has 0 aromatic heterocycles. The molecule has 21 heavy (non-hydrogen) atoms. The molecule has 2 N–H and O–H groups in total. The van der Waals surface area contributed by atoms with E-state index in [0.29, 0.717) is 0 Å². The second-order valence-corrected chi connectivity index (χ2v) is 5.68. The van der Waals surface area contributed by atoms with Crippen molar-refractivity contribution in [3.63, 3.8) is 0 Å². The molecule has 2 nitrogen and oxygen atoms in total. The van der Waals surface area contributed by atoms with Crippen LogP contribution in [0.25, 0.3) is 0 Å². The van der Waals surface area contributed by atoms with E-state index in [1.807, 2.05) is 74.9 Å². The molecule has 0 aliphatic rings. The summed E-state index contributed by atoms with van der Waals surface area (Å²) in [6.07, 6.45) is 0. The van der Waals surface area contributed by atoms with E-state index in [-0.39, 0.29) is 12.0 Å². The minimum Gasteiger partial charge on any atom is -0.379 e. The molecule has 1 atom stereocenters. The summed E-state index contributed by atoms with van der Waals surface area (Å²) in [5.74, 6) is 0.270. The Kier molecular flexibility index (Phi) is 5.21. The van der Waals surface area contributed by atoms with Gasteiger partial charge in [-0.3, -0.25) is 0 Å². The van der Waals surface area contributed by atoms with Gasteiger partial charge in [-0.2, -0.15) is 0 Å². The summed E-state index contributed by atoms with van der Waals surface area (Å²) in [5.41, 5.74) is 0.747. The molecule has 0 aliphatic carbocycles. The van der Waals surface area contributed by atoms with Crippen molar-refractivity contribution in [3.05, 3.63) is 71.8 Å². The largest absolute Gasteiger partial charge is 0.379 e. The lowest BCUT2D eigenvalue weighted by molar-refractivity contribution is 0.0283. The van der Waals surface area contributed by atoms with Gasteiger partial charge in [-0.1, -0.05) is 81.3 Å². The Morgan fingerprint density at radius 3 is 1.67 bits per heavy atom. The number of nitrogens with one attached hydrogen (secondary N) is 1. The Morgan fingerprint density at radius 1 is 0.905 bits per heavy atom. The molecular formula is C18H23BNO. The number of benzene rings is 2. The Bertz CT molecular complexity index is 502. The lowest BCUT2D eigenvalue weighted by Gasteiger charge is -2.40. The second-order valence-electron chi connectivity index (χ2n) is 5.68. The van der Waals surface area contributed by atoms with E-state index in [9.17, 15) is 5.11 Å². The van der Waals surface area contributed by atoms with E-state index >= 15 is 0 Å². The van der Waals surface area contributed by atoms with Crippen molar-refractivity contribution in [2.75, 3.05) is 0 Å². The first kappa shape index (κ1) is 15.8. The van der Waals surface area contributed by atoms with Gasteiger partial charge in [-0.05, 0) is 17.0 Å². The average molecular weight is 280 g/mol. The van der Waals surface area contributed by atoms with Crippen molar-refractivity contribution >= 4 is 7.41 Å². The first-order chi connectivity index (χ1) is 10.1. The van der Waals surface area contributed by atoms with Crippen LogP contribution < -0.4 is 5.23 Å². The number of rotatable bonds is 6. The van der Waals surface area contributed by atoms with Crippen molar-refractivity contribution < 1.29 is 5.11 Å². The van der Waals surface area contributed by atoms with E-state index in [2.05, 4.69) is 19.1 Å². The van der Waals surface area contributed by atoms with Crippen LogP contribution in [0, 0.1) is 5.92 Å². The highest BCUT2D eigenvalue weighted by molar-refractivity contribution is 6.30. The predicted molar refractivity (Wildman–Crippen MR) is 89.3 cm³/mol. The highest BCUT2D eigenvalue weighted by Crippen LogP contribution is 2.35. The fourth-order valence-corrected chi connectivity index (χ4v) is 2.89. The van der Waals surface area contributed by atoms with E-state index in [4.69, 9.17) is 0 Å². The molecular weight excluding hydrogens is 257 g/mol. The Labute approximate surface area is 128 Å². The first-order valence-corrected chi connectivity index (χ1v) is 7.48. The predicted octanol–water partition coefficient (Wildman–Crippen LogP) is 3.20. The van der Waals surface area contributed by atoms with Gasteiger partial charge in [0.05, 0.1) is 0 Å². The van der Waals surface area contributed by atoms with Crippen LogP contribution in [0.15, 0.2) is 60.7 Å². The summed E-state index contributed by atoms with van der Waals surface area (Å²) >= 11 is 0. The van der Waals surface area contributed by atoms with Crippen LogP contribution in [-0.4, -0.2) is 18.6 Å². The van der Waals surface area contributed by atoms with Crippen LogP contribution in [0.4, 0.5) is 0 Å². The van der Waals surface area contributed by atoms with Crippen LogP contribution in [0.5, 0.6) is 0 Å². The SMILES string of the molecule is C[B]NC(C(C)C)C(O)(c1ccccc1)c1ccccc1. The van der Waals surface area contributed by atoms with Crippen molar-refractivity contribution in [1.82, 2.24) is 5.23 Å². The molecule has 3 heteroatoms. The summed E-state index contributed by atoms with van der Waals surface area (Å²) < 4.78 is 0. The Balaban J connectivity index is 2.58. The van der Waals surface area contributed by atoms with E-state index < -0.39 is 5.60 Å². The van der Waals surface area contributed by atoms with Crippen LogP contribution >= 0.6 is 0 Å². The summed E-state index contributed by atoms with van der Waals surface area (Å²) in [4.78, 5) is 0. The molecule has 2 aromatic rings. The van der Waals surface area contributed by atoms with Gasteiger partial charge < -0.3 is 10.3 Å². The molecule has 0 bridgehead atoms. The average Bonchev–Trinajstić information content (AvgIpc) is 2.53. The zero-order valence-electron chi connectivity index (χ0n) is 13.0. The molecule has 0 fully saturated rings. The minimum atomic E-state index is -1.07. The lowest BCUT2D eigenvalue weighted by atomic mass is 9.74. The van der Waals surface area contributed by atoms with E-state index in [1.165, 1.54) is 0 Å². The summed E-state index contributed by atoms with van der Waals surface area (Å²) in [5, 5.41) is 15.0. The van der Waals surface area contributed by atoms with Crippen LogP contribution in [-0.2, 0) is 5.60 Å². The fraction of sp³-hybridized carbons (Fsp3) is 0.333. The molecule has 0 amide bonds. The topological polar surface area (TPSA) is 32.3 Å². The molecule has 109 valence electrons. The number of hydrogen-bond donors (Lipinski definition) is 2. The van der Waals surface area contributed by atoms with Gasteiger partial charge in [0.1, 0.15) is 5.60 Å². The number of aliphatic hydroxyl groups is 1. The second kappa shape index (κ2) is 6.92. The van der Waals surface area contributed by atoms with Crippen molar-refractivity contribution in [2.24, 2.45) is 5.92 Å². The fourth-order valence-electron chi connectivity index (χ4n) is 2.89. The van der Waals surface area contributed by atoms with Gasteiger partial charge in [0.2, 0.25) is 7.41 Å². The smallest absolute Gasteiger partial charge is 0.202 e. The zero-order chi connectivity index (χ0) is 15.3. The Morgan fingerprint density at radius 2 is 1.33 bits per heavy atom. The Hall–Kier alpha value is -1.58. The molecule has 0 spiro atoms. The van der Waals surface area contributed by atoms with Gasteiger partial charge in [-0.25, -0.2) is 0 Å². The highest BCUT2D eigenvalue weighted by atomic mass is 16.3. The molecule has 1 unspecified atom stereocenters. The molecule has 1 radical (unpaired) electrons.